The van der Waals surface area contributed by atoms with Crippen molar-refractivity contribution in [3.05, 3.63) is 67.2 Å². The van der Waals surface area contributed by atoms with Gasteiger partial charge in [-0.3, -0.25) is 4.79 Å². The van der Waals surface area contributed by atoms with Crippen LogP contribution in [0.2, 0.25) is 10.0 Å². The fourth-order valence-corrected chi connectivity index (χ4v) is 2.37. The van der Waals surface area contributed by atoms with Crippen molar-refractivity contribution in [3.63, 3.8) is 0 Å². The molecule has 0 saturated carbocycles. The molecule has 0 saturated heterocycles. The number of rotatable bonds is 2. The summed E-state index contributed by atoms with van der Waals surface area (Å²) < 4.78 is 0.918. The largest absolute Gasteiger partial charge is 0.289 e. The van der Waals surface area contributed by atoms with E-state index in [1.165, 1.54) is 0 Å². The maximum absolute atomic E-state index is 12.2. The van der Waals surface area contributed by atoms with Crippen molar-refractivity contribution < 1.29 is 4.79 Å². The summed E-state index contributed by atoms with van der Waals surface area (Å²) in [7, 11) is 0. The summed E-state index contributed by atoms with van der Waals surface area (Å²) in [4.78, 5) is 12.2. The molecule has 17 heavy (non-hydrogen) atoms. The number of ketones is 1. The van der Waals surface area contributed by atoms with E-state index in [0.29, 0.717) is 21.2 Å². The summed E-state index contributed by atoms with van der Waals surface area (Å²) in [6.45, 7) is 0. The van der Waals surface area contributed by atoms with E-state index in [9.17, 15) is 4.79 Å². The van der Waals surface area contributed by atoms with Crippen molar-refractivity contribution >= 4 is 51.6 Å². The lowest BCUT2D eigenvalue weighted by Crippen LogP contribution is -2.03. The second-order valence-corrected chi connectivity index (χ2v) is 5.41. The van der Waals surface area contributed by atoms with Crippen LogP contribution in [0, 0.1) is 3.57 Å². The predicted molar refractivity (Wildman–Crippen MR) is 79.1 cm³/mol. The van der Waals surface area contributed by atoms with E-state index in [-0.39, 0.29) is 5.78 Å². The van der Waals surface area contributed by atoms with Crippen LogP contribution < -0.4 is 0 Å². The standard InChI is InChI=1S/C13H7Cl2IO/c14-10-6-5-8(7-11(10)15)13(17)9-3-1-2-4-12(9)16/h1-7H. The Labute approximate surface area is 123 Å². The molecule has 0 aliphatic heterocycles. The Bertz CT molecular complexity index is 581. The summed E-state index contributed by atoms with van der Waals surface area (Å²) >= 11 is 13.9. The van der Waals surface area contributed by atoms with Gasteiger partial charge in [0.15, 0.2) is 5.78 Å². The van der Waals surface area contributed by atoms with Crippen LogP contribution in [0.4, 0.5) is 0 Å². The van der Waals surface area contributed by atoms with E-state index < -0.39 is 0 Å². The van der Waals surface area contributed by atoms with Gasteiger partial charge in [-0.2, -0.15) is 0 Å². The third-order valence-corrected chi connectivity index (χ3v) is 3.98. The monoisotopic (exact) mass is 376 g/mol. The zero-order valence-electron chi connectivity index (χ0n) is 8.58. The Balaban J connectivity index is 2.44. The van der Waals surface area contributed by atoms with Crippen molar-refractivity contribution in [2.24, 2.45) is 0 Å². The molecule has 0 spiro atoms. The molecule has 0 bridgehead atoms. The summed E-state index contributed by atoms with van der Waals surface area (Å²) in [6, 6.07) is 12.3. The third kappa shape index (κ3) is 2.81. The highest BCUT2D eigenvalue weighted by Crippen LogP contribution is 2.24. The molecule has 2 aromatic carbocycles. The SMILES string of the molecule is O=C(c1ccc(Cl)c(Cl)c1)c1ccccc1I. The Morgan fingerprint density at radius 3 is 2.35 bits per heavy atom. The van der Waals surface area contributed by atoms with Crippen molar-refractivity contribution in [2.45, 2.75) is 0 Å². The van der Waals surface area contributed by atoms with Gasteiger partial charge >= 0.3 is 0 Å². The van der Waals surface area contributed by atoms with Crippen molar-refractivity contribution in [3.8, 4) is 0 Å². The van der Waals surface area contributed by atoms with Crippen molar-refractivity contribution in [1.82, 2.24) is 0 Å². The molecule has 1 nitrogen and oxygen atoms in total. The van der Waals surface area contributed by atoms with Crippen LogP contribution >= 0.6 is 45.8 Å². The molecular weight excluding hydrogens is 370 g/mol. The molecule has 0 amide bonds. The number of carbonyl (C=O) groups excluding carboxylic acids is 1. The highest BCUT2D eigenvalue weighted by molar-refractivity contribution is 14.1. The average molecular weight is 377 g/mol. The summed E-state index contributed by atoms with van der Waals surface area (Å²) in [6.07, 6.45) is 0. The van der Waals surface area contributed by atoms with E-state index in [2.05, 4.69) is 22.6 Å². The second-order valence-electron chi connectivity index (χ2n) is 3.44. The number of hydrogen-bond acceptors (Lipinski definition) is 1. The van der Waals surface area contributed by atoms with Crippen LogP contribution in [0.15, 0.2) is 42.5 Å². The van der Waals surface area contributed by atoms with Gasteiger partial charge in [0.05, 0.1) is 10.0 Å². The number of carbonyl (C=O) groups is 1. The Kier molecular flexibility index (Phi) is 4.07. The van der Waals surface area contributed by atoms with Gasteiger partial charge in [0.1, 0.15) is 0 Å². The van der Waals surface area contributed by atoms with E-state index in [1.807, 2.05) is 18.2 Å². The molecule has 0 aromatic heterocycles. The first kappa shape index (κ1) is 12.9. The minimum Gasteiger partial charge on any atom is -0.289 e. The lowest BCUT2D eigenvalue weighted by atomic mass is 10.0. The zero-order chi connectivity index (χ0) is 12.4. The molecule has 0 heterocycles. The Morgan fingerprint density at radius 1 is 1.00 bits per heavy atom. The minimum atomic E-state index is -0.0476. The lowest BCUT2D eigenvalue weighted by molar-refractivity contribution is 0.103. The zero-order valence-corrected chi connectivity index (χ0v) is 12.3. The predicted octanol–water partition coefficient (Wildman–Crippen LogP) is 4.83. The number of halogens is 3. The van der Waals surface area contributed by atoms with Crippen LogP contribution in [0.3, 0.4) is 0 Å². The van der Waals surface area contributed by atoms with Crippen LogP contribution in [-0.4, -0.2) is 5.78 Å². The molecule has 2 rings (SSSR count). The maximum Gasteiger partial charge on any atom is 0.194 e. The Morgan fingerprint density at radius 2 is 1.71 bits per heavy atom. The third-order valence-electron chi connectivity index (χ3n) is 2.30. The molecule has 86 valence electrons. The van der Waals surface area contributed by atoms with Gasteiger partial charge < -0.3 is 0 Å². The van der Waals surface area contributed by atoms with Crippen LogP contribution in [0.25, 0.3) is 0 Å². The quantitative estimate of drug-likeness (QED) is 0.542. The number of benzene rings is 2. The first-order chi connectivity index (χ1) is 8.09. The fourth-order valence-electron chi connectivity index (χ4n) is 1.44. The molecule has 0 atom stereocenters. The van der Waals surface area contributed by atoms with Gasteiger partial charge in [0, 0.05) is 14.7 Å². The van der Waals surface area contributed by atoms with Crippen LogP contribution in [-0.2, 0) is 0 Å². The molecule has 0 radical (unpaired) electrons. The van der Waals surface area contributed by atoms with E-state index in [1.54, 1.807) is 24.3 Å². The highest BCUT2D eigenvalue weighted by Gasteiger charge is 2.12. The van der Waals surface area contributed by atoms with Crippen LogP contribution in [0.5, 0.6) is 0 Å². The molecule has 0 N–H and O–H groups in total. The first-order valence-electron chi connectivity index (χ1n) is 4.84. The van der Waals surface area contributed by atoms with Gasteiger partial charge in [-0.25, -0.2) is 0 Å². The van der Waals surface area contributed by atoms with Gasteiger partial charge in [-0.15, -0.1) is 0 Å². The molecule has 2 aromatic rings. The normalized spacial score (nSPS) is 10.3. The smallest absolute Gasteiger partial charge is 0.194 e. The molecule has 0 aliphatic carbocycles. The van der Waals surface area contributed by atoms with E-state index in [4.69, 9.17) is 23.2 Å². The van der Waals surface area contributed by atoms with Gasteiger partial charge in [-0.1, -0.05) is 35.3 Å². The first-order valence-corrected chi connectivity index (χ1v) is 6.67. The van der Waals surface area contributed by atoms with E-state index >= 15 is 0 Å². The molecule has 0 fully saturated rings. The summed E-state index contributed by atoms with van der Waals surface area (Å²) in [5, 5.41) is 0.842. The van der Waals surface area contributed by atoms with E-state index in [0.717, 1.165) is 3.57 Å². The lowest BCUT2D eigenvalue weighted by Gasteiger charge is -2.04. The minimum absolute atomic E-state index is 0.0476. The fraction of sp³-hybridized carbons (Fsp3) is 0. The van der Waals surface area contributed by atoms with Crippen LogP contribution in [0.1, 0.15) is 15.9 Å². The van der Waals surface area contributed by atoms with Gasteiger partial charge in [0.25, 0.3) is 0 Å². The van der Waals surface area contributed by atoms with Crippen molar-refractivity contribution in [1.29, 1.82) is 0 Å². The number of hydrogen-bond donors (Lipinski definition) is 0. The summed E-state index contributed by atoms with van der Waals surface area (Å²) in [5.41, 5.74) is 1.22. The van der Waals surface area contributed by atoms with Gasteiger partial charge in [0.2, 0.25) is 0 Å². The Hall–Kier alpha value is -0.580. The topological polar surface area (TPSA) is 17.1 Å². The van der Waals surface area contributed by atoms with Gasteiger partial charge in [-0.05, 0) is 52.9 Å². The highest BCUT2D eigenvalue weighted by atomic mass is 127. The molecule has 4 heteroatoms. The second kappa shape index (κ2) is 5.38. The van der Waals surface area contributed by atoms with Crippen molar-refractivity contribution in [2.75, 3.05) is 0 Å². The molecule has 0 unspecified atom stereocenters. The maximum atomic E-state index is 12.2. The summed E-state index contributed by atoms with van der Waals surface area (Å²) in [5.74, 6) is -0.0476. The molecular formula is C13H7Cl2IO. The average Bonchev–Trinajstić information content (AvgIpc) is 2.32. The molecule has 0 aliphatic rings.